The molecule has 0 aromatic rings. The van der Waals surface area contributed by atoms with Crippen molar-refractivity contribution in [1.29, 1.82) is 0 Å². The molecule has 0 rings (SSSR count). The van der Waals surface area contributed by atoms with Crippen molar-refractivity contribution in [3.05, 3.63) is 0 Å². The summed E-state index contributed by atoms with van der Waals surface area (Å²) in [6, 6.07) is 0. The summed E-state index contributed by atoms with van der Waals surface area (Å²) in [7, 11) is 0. The summed E-state index contributed by atoms with van der Waals surface area (Å²) in [5.41, 5.74) is 0. The second-order valence-electron chi connectivity index (χ2n) is 11.3. The van der Waals surface area contributed by atoms with Gasteiger partial charge in [0.1, 0.15) is 6.10 Å². The van der Waals surface area contributed by atoms with E-state index in [1.165, 1.54) is 135 Å². The zero-order valence-corrected chi connectivity index (χ0v) is 25.0. The van der Waals surface area contributed by atoms with Gasteiger partial charge in [-0.15, -0.1) is 0 Å². The summed E-state index contributed by atoms with van der Waals surface area (Å²) < 4.78 is 5.50. The van der Waals surface area contributed by atoms with Gasteiger partial charge >= 0.3 is 11.9 Å². The Bertz CT molecular complexity index is 491. The van der Waals surface area contributed by atoms with Crippen LogP contribution >= 0.6 is 0 Å². The molecule has 0 aromatic carbocycles. The summed E-state index contributed by atoms with van der Waals surface area (Å²) >= 11 is 0. The van der Waals surface area contributed by atoms with Crippen LogP contribution in [0, 0.1) is 0 Å². The minimum atomic E-state index is -0.786. The van der Waals surface area contributed by atoms with Gasteiger partial charge in [0.05, 0.1) is 0 Å². The number of carboxylic acids is 1. The van der Waals surface area contributed by atoms with Crippen LogP contribution in [0.1, 0.15) is 194 Å². The number of carbonyl (C=O) groups is 2. The number of esters is 1. The van der Waals surface area contributed by atoms with E-state index in [0.29, 0.717) is 19.3 Å². The van der Waals surface area contributed by atoms with Crippen molar-refractivity contribution in [3.63, 3.8) is 0 Å². The summed E-state index contributed by atoms with van der Waals surface area (Å²) in [5.74, 6) is -0.906. The van der Waals surface area contributed by atoms with Crippen molar-refractivity contribution in [2.75, 3.05) is 0 Å². The Balaban J connectivity index is 3.25. The number of unbranched alkanes of at least 4 members (excludes halogenated alkanes) is 22. The maximum absolute atomic E-state index is 12.0. The van der Waals surface area contributed by atoms with Gasteiger partial charge in [0.25, 0.3) is 0 Å². The van der Waals surface area contributed by atoms with E-state index in [1.54, 1.807) is 0 Å². The molecule has 0 aliphatic rings. The van der Waals surface area contributed by atoms with Gasteiger partial charge in [-0.05, 0) is 25.7 Å². The highest BCUT2D eigenvalue weighted by atomic mass is 16.5. The SMILES string of the molecule is CCCCCCCCCCCCCCCCCCCCCCCCCC(=O)OC(CC)CCCC(=O)O. The Morgan fingerprint density at radius 3 is 1.19 bits per heavy atom. The van der Waals surface area contributed by atoms with Crippen molar-refractivity contribution in [1.82, 2.24) is 0 Å². The fourth-order valence-corrected chi connectivity index (χ4v) is 5.13. The molecule has 4 heteroatoms. The topological polar surface area (TPSA) is 63.6 Å². The number of rotatable bonds is 30. The van der Waals surface area contributed by atoms with Crippen LogP contribution in [0.3, 0.4) is 0 Å². The van der Waals surface area contributed by atoms with Crippen LogP contribution in [-0.4, -0.2) is 23.1 Å². The number of carboxylic acid groups (broad SMARTS) is 1. The Morgan fingerprint density at radius 1 is 0.514 bits per heavy atom. The minimum absolute atomic E-state index is 0.120. The van der Waals surface area contributed by atoms with E-state index in [-0.39, 0.29) is 18.5 Å². The van der Waals surface area contributed by atoms with E-state index in [1.807, 2.05) is 6.92 Å². The normalized spacial score (nSPS) is 12.1. The van der Waals surface area contributed by atoms with E-state index in [9.17, 15) is 9.59 Å². The van der Waals surface area contributed by atoms with Crippen LogP contribution in [0.25, 0.3) is 0 Å². The van der Waals surface area contributed by atoms with Crippen LogP contribution in [0.5, 0.6) is 0 Å². The first-order valence-electron chi connectivity index (χ1n) is 16.5. The molecule has 1 unspecified atom stereocenters. The minimum Gasteiger partial charge on any atom is -0.481 e. The second-order valence-corrected chi connectivity index (χ2v) is 11.3. The fourth-order valence-electron chi connectivity index (χ4n) is 5.13. The molecule has 0 aliphatic heterocycles. The Kier molecular flexibility index (Phi) is 28.7. The van der Waals surface area contributed by atoms with Crippen molar-refractivity contribution in [2.24, 2.45) is 0 Å². The summed E-state index contributed by atoms with van der Waals surface area (Å²) in [5, 5.41) is 8.72. The molecule has 0 radical (unpaired) electrons. The van der Waals surface area contributed by atoms with Crippen molar-refractivity contribution >= 4 is 11.9 Å². The first-order chi connectivity index (χ1) is 18.1. The first kappa shape index (κ1) is 35.9. The van der Waals surface area contributed by atoms with E-state index in [4.69, 9.17) is 9.84 Å². The molecular formula is C33H64O4. The standard InChI is InChI=1S/C33H64O4/c1-3-5-6-7-8-9-10-11-12-13-14-15-16-17-18-19-20-21-22-23-24-25-26-30-33(36)37-31(4-2)28-27-29-32(34)35/h31H,3-30H2,1-2H3,(H,34,35). The van der Waals surface area contributed by atoms with Gasteiger partial charge in [-0.1, -0.05) is 155 Å². The first-order valence-corrected chi connectivity index (χ1v) is 16.5. The summed E-state index contributed by atoms with van der Waals surface area (Å²) in [6.45, 7) is 4.27. The van der Waals surface area contributed by atoms with Crippen LogP contribution in [0.15, 0.2) is 0 Å². The monoisotopic (exact) mass is 524 g/mol. The largest absolute Gasteiger partial charge is 0.481 e. The lowest BCUT2D eigenvalue weighted by Gasteiger charge is -2.15. The number of carbonyl (C=O) groups excluding carboxylic acids is 1. The molecule has 0 aliphatic carbocycles. The van der Waals surface area contributed by atoms with Gasteiger partial charge in [0.15, 0.2) is 0 Å². The molecule has 0 amide bonds. The third kappa shape index (κ3) is 29.4. The highest BCUT2D eigenvalue weighted by molar-refractivity contribution is 5.69. The van der Waals surface area contributed by atoms with E-state index < -0.39 is 5.97 Å². The highest BCUT2D eigenvalue weighted by Crippen LogP contribution is 2.16. The predicted molar refractivity (Wildman–Crippen MR) is 158 cm³/mol. The van der Waals surface area contributed by atoms with Gasteiger partial charge < -0.3 is 9.84 Å². The lowest BCUT2D eigenvalue weighted by Crippen LogP contribution is -2.17. The maximum Gasteiger partial charge on any atom is 0.306 e. The molecule has 0 bridgehead atoms. The zero-order valence-electron chi connectivity index (χ0n) is 25.0. The number of hydrogen-bond acceptors (Lipinski definition) is 3. The average Bonchev–Trinajstić information content (AvgIpc) is 2.88. The molecule has 1 atom stereocenters. The second kappa shape index (κ2) is 29.5. The van der Waals surface area contributed by atoms with Gasteiger partial charge in [-0.25, -0.2) is 0 Å². The third-order valence-electron chi connectivity index (χ3n) is 7.65. The number of aliphatic carboxylic acids is 1. The molecule has 37 heavy (non-hydrogen) atoms. The predicted octanol–water partition coefficient (Wildman–Crippen LogP) is 10.9. The zero-order chi connectivity index (χ0) is 27.2. The molecule has 0 fully saturated rings. The summed E-state index contributed by atoms with van der Waals surface area (Å²) in [6.07, 6.45) is 34.0. The number of hydrogen-bond donors (Lipinski definition) is 1. The molecule has 220 valence electrons. The van der Waals surface area contributed by atoms with Crippen LogP contribution in [-0.2, 0) is 14.3 Å². The molecule has 4 nitrogen and oxygen atoms in total. The Morgan fingerprint density at radius 2 is 0.865 bits per heavy atom. The third-order valence-corrected chi connectivity index (χ3v) is 7.65. The molecule has 0 saturated heterocycles. The molecular weight excluding hydrogens is 460 g/mol. The van der Waals surface area contributed by atoms with Gasteiger partial charge in [-0.2, -0.15) is 0 Å². The van der Waals surface area contributed by atoms with Crippen LogP contribution < -0.4 is 0 Å². The van der Waals surface area contributed by atoms with Crippen molar-refractivity contribution in [2.45, 2.75) is 200 Å². The van der Waals surface area contributed by atoms with E-state index in [2.05, 4.69) is 6.92 Å². The summed E-state index contributed by atoms with van der Waals surface area (Å²) in [4.78, 5) is 22.6. The van der Waals surface area contributed by atoms with E-state index in [0.717, 1.165) is 19.3 Å². The Hall–Kier alpha value is -1.06. The molecule has 0 saturated carbocycles. The molecule has 1 N–H and O–H groups in total. The van der Waals surface area contributed by atoms with Crippen LogP contribution in [0.4, 0.5) is 0 Å². The Labute approximate surface area is 231 Å². The number of ether oxygens (including phenoxy) is 1. The van der Waals surface area contributed by atoms with Gasteiger partial charge in [0.2, 0.25) is 0 Å². The molecule has 0 heterocycles. The maximum atomic E-state index is 12.0. The lowest BCUT2D eigenvalue weighted by molar-refractivity contribution is -0.149. The van der Waals surface area contributed by atoms with Crippen LogP contribution in [0.2, 0.25) is 0 Å². The van der Waals surface area contributed by atoms with E-state index >= 15 is 0 Å². The molecule has 0 spiro atoms. The quantitative estimate of drug-likeness (QED) is 0.0749. The fraction of sp³-hybridized carbons (Fsp3) is 0.939. The van der Waals surface area contributed by atoms with Gasteiger partial charge in [-0.3, -0.25) is 9.59 Å². The highest BCUT2D eigenvalue weighted by Gasteiger charge is 2.13. The van der Waals surface area contributed by atoms with Gasteiger partial charge in [0, 0.05) is 12.8 Å². The smallest absolute Gasteiger partial charge is 0.306 e. The molecule has 0 aromatic heterocycles. The lowest BCUT2D eigenvalue weighted by atomic mass is 10.0. The van der Waals surface area contributed by atoms with Crippen molar-refractivity contribution < 1.29 is 19.4 Å². The van der Waals surface area contributed by atoms with Crippen molar-refractivity contribution in [3.8, 4) is 0 Å². The average molecular weight is 525 g/mol.